The highest BCUT2D eigenvalue weighted by Gasteiger charge is 2.34. The Labute approximate surface area is 300 Å². The Bertz CT molecular complexity index is 2120. The van der Waals surface area contributed by atoms with Gasteiger partial charge in [-0.25, -0.2) is 14.6 Å². The van der Waals surface area contributed by atoms with Crippen LogP contribution in [0.2, 0.25) is 0 Å². The van der Waals surface area contributed by atoms with Gasteiger partial charge in [-0.3, -0.25) is 9.36 Å². The molecule has 49 heavy (non-hydrogen) atoms. The smallest absolute Gasteiger partial charge is 0.338 e. The van der Waals surface area contributed by atoms with Crippen LogP contribution in [0.15, 0.2) is 75.7 Å². The molecule has 0 radical (unpaired) electrons. The minimum atomic E-state index is -0.997. The normalized spacial score (nSPS) is 14.3. The number of rotatable bonds is 12. The molecule has 13 heteroatoms. The standard InChI is InChI=1S/C36H35IN2O9S/c1-7-46-35(43)30-20(4)38-36-39(31(30)24-12-13-26(48-19(2)3)27(17-24)44-5)33(40)29(49-36)16-22-14-25(37)32(28(15-22)45-6)47-18-21-8-10-23(11-9-21)34(41)42/h8-17,19,31H,7,18H2,1-6H3,(H,41,42)/b29-16-/t31-/m1/s1. The lowest BCUT2D eigenvalue weighted by Crippen LogP contribution is -2.40. The van der Waals surface area contributed by atoms with Crippen LogP contribution in [0, 0.1) is 3.57 Å². The Hall–Kier alpha value is -4.63. The van der Waals surface area contributed by atoms with Crippen molar-refractivity contribution < 1.29 is 38.4 Å². The van der Waals surface area contributed by atoms with Gasteiger partial charge in [-0.1, -0.05) is 29.5 Å². The van der Waals surface area contributed by atoms with Gasteiger partial charge in [0.25, 0.3) is 5.56 Å². The molecule has 3 aromatic carbocycles. The molecule has 0 saturated carbocycles. The molecule has 5 rings (SSSR count). The average molecular weight is 799 g/mol. The summed E-state index contributed by atoms with van der Waals surface area (Å²) in [7, 11) is 3.07. The van der Waals surface area contributed by atoms with Crippen molar-refractivity contribution in [3.8, 4) is 23.0 Å². The molecular weight excluding hydrogens is 763 g/mol. The molecule has 0 amide bonds. The van der Waals surface area contributed by atoms with Crippen molar-refractivity contribution in [1.29, 1.82) is 0 Å². The lowest BCUT2D eigenvalue weighted by atomic mass is 9.95. The molecule has 0 spiro atoms. The fraction of sp³-hybridized carbons (Fsp3) is 0.278. The number of nitrogens with zero attached hydrogens (tertiary/aromatic N) is 2. The number of carboxylic acid groups (broad SMARTS) is 1. The number of halogens is 1. The molecule has 256 valence electrons. The zero-order valence-corrected chi connectivity index (χ0v) is 30.7. The number of fused-ring (bicyclic) bond motifs is 1. The molecule has 4 aromatic rings. The number of ether oxygens (including phenoxy) is 5. The maximum Gasteiger partial charge on any atom is 0.338 e. The van der Waals surface area contributed by atoms with Gasteiger partial charge in [-0.15, -0.1) is 0 Å². The number of carbonyl (C=O) groups is 2. The van der Waals surface area contributed by atoms with E-state index in [0.717, 1.165) is 9.13 Å². The molecule has 1 aromatic heterocycles. The van der Waals surface area contributed by atoms with Gasteiger partial charge in [0.05, 0.1) is 57.9 Å². The third kappa shape index (κ3) is 7.67. The van der Waals surface area contributed by atoms with Gasteiger partial charge in [0.2, 0.25) is 0 Å². The summed E-state index contributed by atoms with van der Waals surface area (Å²) in [6.07, 6.45) is 1.67. The van der Waals surface area contributed by atoms with E-state index in [1.54, 1.807) is 50.3 Å². The summed E-state index contributed by atoms with van der Waals surface area (Å²) >= 11 is 3.36. The molecule has 1 aliphatic rings. The van der Waals surface area contributed by atoms with Crippen LogP contribution in [0.1, 0.15) is 60.8 Å². The number of benzene rings is 3. The quantitative estimate of drug-likeness (QED) is 0.146. The summed E-state index contributed by atoms with van der Waals surface area (Å²) in [5, 5.41) is 9.16. The van der Waals surface area contributed by atoms with Crippen LogP contribution in [0.25, 0.3) is 6.08 Å². The van der Waals surface area contributed by atoms with Gasteiger partial charge < -0.3 is 28.8 Å². The van der Waals surface area contributed by atoms with Crippen LogP contribution in [0.5, 0.6) is 23.0 Å². The van der Waals surface area contributed by atoms with Crippen molar-refractivity contribution in [1.82, 2.24) is 4.57 Å². The van der Waals surface area contributed by atoms with Crippen molar-refractivity contribution in [2.24, 2.45) is 4.99 Å². The molecule has 1 aliphatic heterocycles. The van der Waals surface area contributed by atoms with E-state index in [0.29, 0.717) is 49.2 Å². The molecule has 11 nitrogen and oxygen atoms in total. The van der Waals surface area contributed by atoms with Crippen LogP contribution in [-0.2, 0) is 16.1 Å². The zero-order valence-electron chi connectivity index (χ0n) is 27.7. The summed E-state index contributed by atoms with van der Waals surface area (Å²) in [6, 6.07) is 14.6. The highest BCUT2D eigenvalue weighted by atomic mass is 127. The molecule has 1 atom stereocenters. The number of allylic oxidation sites excluding steroid dienone is 1. The predicted octanol–water partition coefficient (Wildman–Crippen LogP) is 5.48. The Balaban J connectivity index is 1.56. The van der Waals surface area contributed by atoms with Crippen LogP contribution in [0.4, 0.5) is 0 Å². The van der Waals surface area contributed by atoms with E-state index < -0.39 is 18.0 Å². The van der Waals surface area contributed by atoms with E-state index >= 15 is 0 Å². The Kier molecular flexibility index (Phi) is 11.1. The van der Waals surface area contributed by atoms with Crippen LogP contribution < -0.4 is 33.8 Å². The number of thiazole rings is 1. The second-order valence-corrected chi connectivity index (χ2v) is 13.4. The minimum Gasteiger partial charge on any atom is -0.493 e. The number of aromatic carboxylic acids is 1. The Morgan fingerprint density at radius 1 is 1.04 bits per heavy atom. The van der Waals surface area contributed by atoms with Crippen molar-refractivity contribution in [3.05, 3.63) is 111 Å². The summed E-state index contributed by atoms with van der Waals surface area (Å²) in [5.74, 6) is 0.423. The van der Waals surface area contributed by atoms with E-state index in [-0.39, 0.29) is 36.0 Å². The van der Waals surface area contributed by atoms with E-state index in [9.17, 15) is 14.4 Å². The maximum atomic E-state index is 14.2. The molecular formula is C36H35IN2O9S. The average Bonchev–Trinajstić information content (AvgIpc) is 3.37. The monoisotopic (exact) mass is 798 g/mol. The second-order valence-electron chi connectivity index (χ2n) is 11.2. The van der Waals surface area contributed by atoms with Gasteiger partial charge in [0, 0.05) is 0 Å². The fourth-order valence-electron chi connectivity index (χ4n) is 5.33. The van der Waals surface area contributed by atoms with Crippen molar-refractivity contribution in [2.75, 3.05) is 20.8 Å². The first kappa shape index (κ1) is 35.7. The summed E-state index contributed by atoms with van der Waals surface area (Å²) in [6.45, 7) is 7.64. The summed E-state index contributed by atoms with van der Waals surface area (Å²) in [5.41, 5.74) is 2.69. The SMILES string of the molecule is CCOC(=O)C1=C(C)N=c2s/c(=C\c3cc(I)c(OCc4ccc(C(=O)O)cc4)c(OC)c3)c(=O)n2[C@@H]1c1ccc(OC(C)C)c(OC)c1. The lowest BCUT2D eigenvalue weighted by molar-refractivity contribution is -0.139. The summed E-state index contributed by atoms with van der Waals surface area (Å²) in [4.78, 5) is 43.8. The summed E-state index contributed by atoms with van der Waals surface area (Å²) < 4.78 is 31.4. The Morgan fingerprint density at radius 3 is 2.39 bits per heavy atom. The van der Waals surface area contributed by atoms with Crippen LogP contribution in [-0.4, -0.2) is 48.5 Å². The first-order valence-electron chi connectivity index (χ1n) is 15.3. The van der Waals surface area contributed by atoms with Crippen LogP contribution >= 0.6 is 33.9 Å². The van der Waals surface area contributed by atoms with Crippen molar-refractivity contribution >= 4 is 51.9 Å². The molecule has 0 bridgehead atoms. The largest absolute Gasteiger partial charge is 0.493 e. The molecule has 1 N–H and O–H groups in total. The van der Waals surface area contributed by atoms with Crippen molar-refractivity contribution in [3.63, 3.8) is 0 Å². The van der Waals surface area contributed by atoms with Gasteiger partial charge in [0.15, 0.2) is 27.8 Å². The van der Waals surface area contributed by atoms with E-state index in [1.807, 2.05) is 26.0 Å². The first-order chi connectivity index (χ1) is 23.4. The third-order valence-corrected chi connectivity index (χ3v) is 9.30. The van der Waals surface area contributed by atoms with Gasteiger partial charge in [0.1, 0.15) is 6.61 Å². The molecule has 2 heterocycles. The lowest BCUT2D eigenvalue weighted by Gasteiger charge is -2.25. The van der Waals surface area contributed by atoms with Crippen molar-refractivity contribution in [2.45, 2.75) is 46.4 Å². The first-order valence-corrected chi connectivity index (χ1v) is 17.2. The molecule has 0 unspecified atom stereocenters. The number of methoxy groups -OCH3 is 2. The molecule has 0 fully saturated rings. The number of carbonyl (C=O) groups excluding carboxylic acids is 1. The highest BCUT2D eigenvalue weighted by molar-refractivity contribution is 14.1. The number of hydrogen-bond acceptors (Lipinski definition) is 10. The van der Waals surface area contributed by atoms with E-state index in [4.69, 9.17) is 28.8 Å². The molecule has 0 aliphatic carbocycles. The topological polar surface area (TPSA) is 135 Å². The third-order valence-electron chi connectivity index (χ3n) is 7.52. The fourth-order valence-corrected chi connectivity index (χ4v) is 7.15. The second kappa shape index (κ2) is 15.3. The maximum absolute atomic E-state index is 14.2. The van der Waals surface area contributed by atoms with Gasteiger partial charge in [-0.2, -0.15) is 0 Å². The van der Waals surface area contributed by atoms with E-state index in [1.165, 1.54) is 42.3 Å². The predicted molar refractivity (Wildman–Crippen MR) is 193 cm³/mol. The number of esters is 1. The number of aromatic nitrogens is 1. The molecule has 0 saturated heterocycles. The number of hydrogen-bond donors (Lipinski definition) is 1. The number of carboxylic acids is 1. The Morgan fingerprint density at radius 2 is 1.76 bits per heavy atom. The minimum absolute atomic E-state index is 0.0881. The highest BCUT2D eigenvalue weighted by Crippen LogP contribution is 2.37. The zero-order chi connectivity index (χ0) is 35.4. The van der Waals surface area contributed by atoms with E-state index in [2.05, 4.69) is 27.6 Å². The van der Waals surface area contributed by atoms with Crippen LogP contribution in [0.3, 0.4) is 0 Å². The van der Waals surface area contributed by atoms with Gasteiger partial charge in [-0.05, 0) is 109 Å². The van der Waals surface area contributed by atoms with Gasteiger partial charge >= 0.3 is 11.9 Å².